The number of benzene rings is 2. The first-order valence-corrected chi connectivity index (χ1v) is 11.7. The van der Waals surface area contributed by atoms with Crippen LogP contribution in [0.15, 0.2) is 42.5 Å². The summed E-state index contributed by atoms with van der Waals surface area (Å²) >= 11 is 7.74. The number of amides is 1. The average Bonchev–Trinajstić information content (AvgIpc) is 3.38. The van der Waals surface area contributed by atoms with Gasteiger partial charge in [-0.05, 0) is 56.7 Å². The largest absolute Gasteiger partial charge is 0.497 e. The van der Waals surface area contributed by atoms with Crippen molar-refractivity contribution in [3.05, 3.63) is 64.4 Å². The maximum Gasteiger partial charge on any atom is 0.266 e. The van der Waals surface area contributed by atoms with Gasteiger partial charge in [-0.1, -0.05) is 29.0 Å². The van der Waals surface area contributed by atoms with Gasteiger partial charge in [0.15, 0.2) is 11.7 Å². The molecule has 4 rings (SSSR count). The maximum atomic E-state index is 13.3. The topological polar surface area (TPSA) is 69.5 Å². The van der Waals surface area contributed by atoms with E-state index in [4.69, 9.17) is 26.1 Å². The molecule has 0 saturated carbocycles. The van der Waals surface area contributed by atoms with Gasteiger partial charge in [-0.3, -0.25) is 14.4 Å². The van der Waals surface area contributed by atoms with Crippen LogP contribution in [0.4, 0.5) is 5.13 Å². The number of methoxy groups -OCH3 is 1. The van der Waals surface area contributed by atoms with Crippen molar-refractivity contribution in [2.24, 2.45) is 0 Å². The average molecular weight is 485 g/mol. The van der Waals surface area contributed by atoms with Gasteiger partial charge in [0.2, 0.25) is 0 Å². The van der Waals surface area contributed by atoms with Crippen molar-refractivity contribution in [3.8, 4) is 11.5 Å². The van der Waals surface area contributed by atoms with E-state index in [9.17, 15) is 4.79 Å². The number of ether oxygens (including phenoxy) is 2. The fourth-order valence-electron chi connectivity index (χ4n) is 3.54. The third-order valence-electron chi connectivity index (χ3n) is 5.31. The fourth-order valence-corrected chi connectivity index (χ4v) is 4.76. The van der Waals surface area contributed by atoms with Gasteiger partial charge in [-0.15, -0.1) is 0 Å². The quantitative estimate of drug-likeness (QED) is 0.344. The molecule has 4 aromatic rings. The van der Waals surface area contributed by atoms with Gasteiger partial charge in [-0.25, -0.2) is 4.98 Å². The standard InChI is InChI=1S/C24H25ClN4O3S/c1-15-12-16(2)29(27-15)11-10-28(22(30)14-32-19-7-5-6-18(13-19)31-4)24-26-23-17(3)20(25)8-9-21(23)33-24/h5-9,12-13H,10-11,14H2,1-4H3. The van der Waals surface area contributed by atoms with Gasteiger partial charge in [0.25, 0.3) is 5.91 Å². The minimum Gasteiger partial charge on any atom is -0.497 e. The number of rotatable bonds is 8. The molecule has 1 amide bonds. The lowest BCUT2D eigenvalue weighted by Crippen LogP contribution is -2.37. The van der Waals surface area contributed by atoms with Crippen LogP contribution in [0.3, 0.4) is 0 Å². The highest BCUT2D eigenvalue weighted by atomic mass is 35.5. The molecule has 2 aromatic heterocycles. The van der Waals surface area contributed by atoms with E-state index in [0.29, 0.717) is 34.7 Å². The Morgan fingerprint density at radius 2 is 1.94 bits per heavy atom. The Morgan fingerprint density at radius 3 is 2.67 bits per heavy atom. The lowest BCUT2D eigenvalue weighted by molar-refractivity contribution is -0.120. The van der Waals surface area contributed by atoms with Gasteiger partial charge >= 0.3 is 0 Å². The van der Waals surface area contributed by atoms with Gasteiger partial charge in [0.05, 0.1) is 29.6 Å². The van der Waals surface area contributed by atoms with Crippen molar-refractivity contribution < 1.29 is 14.3 Å². The first-order chi connectivity index (χ1) is 15.9. The molecule has 2 aromatic carbocycles. The maximum absolute atomic E-state index is 13.3. The molecular formula is C24H25ClN4O3S. The highest BCUT2D eigenvalue weighted by Crippen LogP contribution is 2.33. The zero-order chi connectivity index (χ0) is 23.5. The van der Waals surface area contributed by atoms with Crippen molar-refractivity contribution in [1.29, 1.82) is 0 Å². The van der Waals surface area contributed by atoms with Crippen LogP contribution in [0.5, 0.6) is 11.5 Å². The van der Waals surface area contributed by atoms with Crippen molar-refractivity contribution >= 4 is 44.2 Å². The minimum absolute atomic E-state index is 0.125. The fraction of sp³-hybridized carbons (Fsp3) is 0.292. The summed E-state index contributed by atoms with van der Waals surface area (Å²) in [5.74, 6) is 1.04. The molecule has 0 fully saturated rings. The molecule has 0 spiro atoms. The molecule has 0 saturated heterocycles. The van der Waals surface area contributed by atoms with E-state index < -0.39 is 0 Å². The van der Waals surface area contributed by atoms with Crippen molar-refractivity contribution in [1.82, 2.24) is 14.8 Å². The van der Waals surface area contributed by atoms with Crippen LogP contribution in [-0.2, 0) is 11.3 Å². The second kappa shape index (κ2) is 9.80. The van der Waals surface area contributed by atoms with Crippen molar-refractivity contribution in [3.63, 3.8) is 0 Å². The summed E-state index contributed by atoms with van der Waals surface area (Å²) in [5, 5.41) is 5.78. The second-order valence-electron chi connectivity index (χ2n) is 7.68. The number of nitrogens with zero attached hydrogens (tertiary/aromatic N) is 4. The normalized spacial score (nSPS) is 11.1. The number of carbonyl (C=O) groups excluding carboxylic acids is 1. The number of halogens is 1. The van der Waals surface area contributed by atoms with E-state index in [-0.39, 0.29) is 12.5 Å². The minimum atomic E-state index is -0.192. The summed E-state index contributed by atoms with van der Waals surface area (Å²) in [6.45, 7) is 6.72. The van der Waals surface area contributed by atoms with Crippen LogP contribution in [-0.4, -0.2) is 40.9 Å². The molecule has 0 aliphatic rings. The third-order valence-corrected chi connectivity index (χ3v) is 6.76. The first kappa shape index (κ1) is 23.1. The van der Waals surface area contributed by atoms with Crippen LogP contribution < -0.4 is 14.4 Å². The summed E-state index contributed by atoms with van der Waals surface area (Å²) in [6.07, 6.45) is 0. The number of hydrogen-bond acceptors (Lipinski definition) is 6. The van der Waals surface area contributed by atoms with E-state index in [0.717, 1.165) is 27.2 Å². The highest BCUT2D eigenvalue weighted by molar-refractivity contribution is 7.22. The van der Waals surface area contributed by atoms with Gasteiger partial charge in [0.1, 0.15) is 11.5 Å². The summed E-state index contributed by atoms with van der Waals surface area (Å²) in [4.78, 5) is 19.7. The Kier molecular flexibility index (Phi) is 6.85. The van der Waals surface area contributed by atoms with Crippen LogP contribution >= 0.6 is 22.9 Å². The molecule has 0 bridgehead atoms. The Bertz CT molecular complexity index is 1300. The predicted octanol–water partition coefficient (Wildman–Crippen LogP) is 5.19. The molecule has 33 heavy (non-hydrogen) atoms. The zero-order valence-corrected chi connectivity index (χ0v) is 20.5. The van der Waals surface area contributed by atoms with Gasteiger partial charge in [0, 0.05) is 23.3 Å². The summed E-state index contributed by atoms with van der Waals surface area (Å²) in [5.41, 5.74) is 3.69. The predicted molar refractivity (Wildman–Crippen MR) is 132 cm³/mol. The molecule has 0 N–H and O–H groups in total. The van der Waals surface area contributed by atoms with Crippen LogP contribution in [0.1, 0.15) is 17.0 Å². The van der Waals surface area contributed by atoms with Crippen molar-refractivity contribution in [2.45, 2.75) is 27.3 Å². The molecule has 0 aliphatic heterocycles. The van der Waals surface area contributed by atoms with Crippen LogP contribution in [0.25, 0.3) is 10.2 Å². The SMILES string of the molecule is COc1cccc(OCC(=O)N(CCn2nc(C)cc2C)c2nc3c(C)c(Cl)ccc3s2)c1. The summed E-state index contributed by atoms with van der Waals surface area (Å²) in [6, 6.07) is 13.0. The molecule has 2 heterocycles. The van der Waals surface area contributed by atoms with Gasteiger partial charge in [-0.2, -0.15) is 5.10 Å². The number of hydrogen-bond donors (Lipinski definition) is 0. The number of aromatic nitrogens is 3. The molecule has 0 atom stereocenters. The Balaban J connectivity index is 1.59. The molecule has 0 radical (unpaired) electrons. The molecule has 0 aliphatic carbocycles. The Hall–Kier alpha value is -3.10. The summed E-state index contributed by atoms with van der Waals surface area (Å²) < 4.78 is 13.9. The monoisotopic (exact) mass is 484 g/mol. The number of fused-ring (bicyclic) bond motifs is 1. The van der Waals surface area contributed by atoms with E-state index in [2.05, 4.69) is 5.10 Å². The van der Waals surface area contributed by atoms with E-state index in [1.807, 2.05) is 55.8 Å². The lowest BCUT2D eigenvalue weighted by Gasteiger charge is -2.20. The lowest BCUT2D eigenvalue weighted by atomic mass is 10.2. The molecular weight excluding hydrogens is 460 g/mol. The smallest absolute Gasteiger partial charge is 0.266 e. The molecule has 172 valence electrons. The summed E-state index contributed by atoms with van der Waals surface area (Å²) in [7, 11) is 1.59. The van der Waals surface area contributed by atoms with Crippen LogP contribution in [0.2, 0.25) is 5.02 Å². The second-order valence-corrected chi connectivity index (χ2v) is 9.10. The Labute approximate surface area is 201 Å². The van der Waals surface area contributed by atoms with E-state index in [1.54, 1.807) is 24.1 Å². The number of thiazole rings is 1. The van der Waals surface area contributed by atoms with Crippen LogP contribution in [0, 0.1) is 20.8 Å². The highest BCUT2D eigenvalue weighted by Gasteiger charge is 2.22. The molecule has 9 heteroatoms. The third kappa shape index (κ3) is 5.12. The number of carbonyl (C=O) groups is 1. The van der Waals surface area contributed by atoms with E-state index >= 15 is 0 Å². The zero-order valence-electron chi connectivity index (χ0n) is 19.0. The Morgan fingerprint density at radius 1 is 1.15 bits per heavy atom. The first-order valence-electron chi connectivity index (χ1n) is 10.5. The molecule has 0 unspecified atom stereocenters. The molecule has 7 nitrogen and oxygen atoms in total. The van der Waals surface area contributed by atoms with Gasteiger partial charge < -0.3 is 9.47 Å². The number of aryl methyl sites for hydroxylation is 3. The van der Waals surface area contributed by atoms with Crippen molar-refractivity contribution in [2.75, 3.05) is 25.2 Å². The van der Waals surface area contributed by atoms with E-state index in [1.165, 1.54) is 11.3 Å². The number of anilines is 1.